The number of nitrogens with zero attached hydrogens (tertiary/aromatic N) is 4. The molecule has 3 heterocycles. The molecule has 2 aliphatic heterocycles. The molecular weight excluding hydrogens is 442 g/mol. The summed E-state index contributed by atoms with van der Waals surface area (Å²) >= 11 is 0. The summed E-state index contributed by atoms with van der Waals surface area (Å²) < 4.78 is 28.8. The van der Waals surface area contributed by atoms with Crippen LogP contribution in [0, 0.1) is 12.8 Å². The first-order valence-corrected chi connectivity index (χ1v) is 12.9. The second kappa shape index (κ2) is 9.64. The summed E-state index contributed by atoms with van der Waals surface area (Å²) in [6.07, 6.45) is 5.59. The zero-order valence-corrected chi connectivity index (χ0v) is 20.0. The lowest BCUT2D eigenvalue weighted by Crippen LogP contribution is -2.41. The van der Waals surface area contributed by atoms with Gasteiger partial charge in [-0.2, -0.15) is 4.31 Å². The number of hydrogen-bond donors (Lipinski definition) is 1. The standard InChI is InChI=1S/C23H31N5O4S/c1-17-24-21(16-26(17)2)33(31,32)28-13-9-18(10-14-28)22(29)25-20-8-6-7-19(15-20)23(30)27-11-4-3-5-12-27/h6-8,15-16,18H,3-5,9-14H2,1-2H3,(H,25,29). The lowest BCUT2D eigenvalue weighted by molar-refractivity contribution is -0.120. The number of amides is 2. The van der Waals surface area contributed by atoms with E-state index in [1.807, 2.05) is 4.90 Å². The van der Waals surface area contributed by atoms with E-state index in [2.05, 4.69) is 10.3 Å². The van der Waals surface area contributed by atoms with E-state index < -0.39 is 10.0 Å². The van der Waals surface area contributed by atoms with Gasteiger partial charge in [0.05, 0.1) is 0 Å². The Morgan fingerprint density at radius 2 is 1.76 bits per heavy atom. The van der Waals surface area contributed by atoms with Gasteiger partial charge in [0, 0.05) is 56.6 Å². The number of carbonyl (C=O) groups excluding carboxylic acids is 2. The number of sulfonamides is 1. The monoisotopic (exact) mass is 473 g/mol. The number of anilines is 1. The molecule has 0 spiro atoms. The van der Waals surface area contributed by atoms with Gasteiger partial charge < -0.3 is 14.8 Å². The Balaban J connectivity index is 1.35. The predicted molar refractivity (Wildman–Crippen MR) is 124 cm³/mol. The quantitative estimate of drug-likeness (QED) is 0.718. The molecule has 0 bridgehead atoms. The molecule has 0 atom stereocenters. The smallest absolute Gasteiger partial charge is 0.262 e. The number of nitrogens with one attached hydrogen (secondary N) is 1. The second-order valence-corrected chi connectivity index (χ2v) is 10.7. The third-order valence-electron chi connectivity index (χ3n) is 6.54. The normalized spacial score (nSPS) is 18.3. The van der Waals surface area contributed by atoms with Gasteiger partial charge in [-0.05, 0) is 57.2 Å². The van der Waals surface area contributed by atoms with Gasteiger partial charge in [0.1, 0.15) is 5.82 Å². The molecule has 2 aromatic rings. The Bertz CT molecular complexity index is 1110. The molecule has 178 valence electrons. The van der Waals surface area contributed by atoms with Crippen LogP contribution in [0.15, 0.2) is 35.5 Å². The van der Waals surface area contributed by atoms with Crippen molar-refractivity contribution in [2.24, 2.45) is 13.0 Å². The van der Waals surface area contributed by atoms with Gasteiger partial charge in [-0.15, -0.1) is 0 Å². The number of piperidine rings is 2. The Labute approximate surface area is 194 Å². The Morgan fingerprint density at radius 3 is 2.39 bits per heavy atom. The molecule has 10 heteroatoms. The van der Waals surface area contributed by atoms with Gasteiger partial charge >= 0.3 is 0 Å². The van der Waals surface area contributed by atoms with Crippen molar-refractivity contribution in [2.45, 2.75) is 44.1 Å². The van der Waals surface area contributed by atoms with Crippen molar-refractivity contribution in [3.05, 3.63) is 41.9 Å². The summed E-state index contributed by atoms with van der Waals surface area (Å²) in [6.45, 7) is 3.84. The summed E-state index contributed by atoms with van der Waals surface area (Å²) in [5, 5.41) is 2.95. The van der Waals surface area contributed by atoms with Crippen LogP contribution in [0.3, 0.4) is 0 Å². The largest absolute Gasteiger partial charge is 0.339 e. The van der Waals surface area contributed by atoms with Crippen molar-refractivity contribution in [2.75, 3.05) is 31.5 Å². The highest BCUT2D eigenvalue weighted by Crippen LogP contribution is 2.25. The summed E-state index contributed by atoms with van der Waals surface area (Å²) in [4.78, 5) is 31.6. The fraction of sp³-hybridized carbons (Fsp3) is 0.522. The van der Waals surface area contributed by atoms with Gasteiger partial charge in [0.15, 0.2) is 5.03 Å². The number of rotatable bonds is 5. The van der Waals surface area contributed by atoms with E-state index in [0.717, 1.165) is 32.4 Å². The van der Waals surface area contributed by atoms with Crippen LogP contribution in [-0.4, -0.2) is 65.2 Å². The van der Waals surface area contributed by atoms with Crippen molar-refractivity contribution in [3.63, 3.8) is 0 Å². The zero-order chi connectivity index (χ0) is 23.6. The van der Waals surface area contributed by atoms with Crippen LogP contribution in [-0.2, 0) is 21.9 Å². The number of benzene rings is 1. The number of aryl methyl sites for hydroxylation is 2. The van der Waals surface area contributed by atoms with Gasteiger partial charge in [-0.1, -0.05) is 6.07 Å². The Morgan fingerprint density at radius 1 is 1.06 bits per heavy atom. The molecule has 33 heavy (non-hydrogen) atoms. The molecule has 2 fully saturated rings. The first-order valence-electron chi connectivity index (χ1n) is 11.5. The lowest BCUT2D eigenvalue weighted by atomic mass is 9.97. The first kappa shape index (κ1) is 23.4. The molecule has 1 aromatic carbocycles. The molecular formula is C23H31N5O4S. The SMILES string of the molecule is Cc1nc(S(=O)(=O)N2CCC(C(=O)Nc3cccc(C(=O)N4CCCCC4)c3)CC2)cn1C. The van der Waals surface area contributed by atoms with Crippen LogP contribution in [0.4, 0.5) is 5.69 Å². The summed E-state index contributed by atoms with van der Waals surface area (Å²) in [7, 11) is -1.91. The first-order chi connectivity index (χ1) is 15.8. The molecule has 0 unspecified atom stereocenters. The maximum Gasteiger partial charge on any atom is 0.262 e. The van der Waals surface area contributed by atoms with E-state index in [-0.39, 0.29) is 35.8 Å². The molecule has 0 aliphatic carbocycles. The van der Waals surface area contributed by atoms with Crippen molar-refractivity contribution in [1.82, 2.24) is 18.8 Å². The van der Waals surface area contributed by atoms with Crippen LogP contribution in [0.5, 0.6) is 0 Å². The Kier molecular flexibility index (Phi) is 6.85. The van der Waals surface area contributed by atoms with E-state index in [4.69, 9.17) is 0 Å². The number of aromatic nitrogens is 2. The molecule has 1 aromatic heterocycles. The number of hydrogen-bond acceptors (Lipinski definition) is 5. The van der Waals surface area contributed by atoms with Crippen LogP contribution in [0.2, 0.25) is 0 Å². The third-order valence-corrected chi connectivity index (χ3v) is 8.31. The van der Waals surface area contributed by atoms with E-state index in [0.29, 0.717) is 29.9 Å². The molecule has 2 saturated heterocycles. The number of carbonyl (C=O) groups is 2. The molecule has 9 nitrogen and oxygen atoms in total. The van der Waals surface area contributed by atoms with E-state index in [1.54, 1.807) is 42.8 Å². The Hall–Kier alpha value is -2.72. The van der Waals surface area contributed by atoms with Crippen LogP contribution < -0.4 is 5.32 Å². The molecule has 2 aliphatic rings. The second-order valence-electron chi connectivity index (χ2n) is 8.84. The number of likely N-dealkylation sites (tertiary alicyclic amines) is 1. The van der Waals surface area contributed by atoms with Gasteiger partial charge in [0.2, 0.25) is 5.91 Å². The highest BCUT2D eigenvalue weighted by atomic mass is 32.2. The molecule has 4 rings (SSSR count). The van der Waals surface area contributed by atoms with Crippen molar-refractivity contribution in [3.8, 4) is 0 Å². The van der Waals surface area contributed by atoms with E-state index in [1.165, 1.54) is 10.5 Å². The maximum atomic E-state index is 12.9. The highest BCUT2D eigenvalue weighted by Gasteiger charge is 2.33. The van der Waals surface area contributed by atoms with Crippen molar-refractivity contribution >= 4 is 27.5 Å². The zero-order valence-electron chi connectivity index (χ0n) is 19.2. The predicted octanol–water partition coefficient (Wildman–Crippen LogP) is 2.39. The average Bonchev–Trinajstić information content (AvgIpc) is 3.18. The van der Waals surface area contributed by atoms with E-state index >= 15 is 0 Å². The third kappa shape index (κ3) is 5.11. The molecule has 2 amide bonds. The van der Waals surface area contributed by atoms with Gasteiger partial charge in [-0.3, -0.25) is 9.59 Å². The molecule has 1 N–H and O–H groups in total. The molecule has 0 radical (unpaired) electrons. The fourth-order valence-corrected chi connectivity index (χ4v) is 5.89. The van der Waals surface area contributed by atoms with Gasteiger partial charge in [0.25, 0.3) is 15.9 Å². The number of imidazole rings is 1. The fourth-order valence-electron chi connectivity index (χ4n) is 4.40. The lowest BCUT2D eigenvalue weighted by Gasteiger charge is -2.30. The minimum atomic E-state index is -3.67. The minimum absolute atomic E-state index is 0.00549. The molecule has 0 saturated carbocycles. The van der Waals surface area contributed by atoms with Crippen molar-refractivity contribution in [1.29, 1.82) is 0 Å². The average molecular weight is 474 g/mol. The van der Waals surface area contributed by atoms with Crippen LogP contribution >= 0.6 is 0 Å². The highest BCUT2D eigenvalue weighted by molar-refractivity contribution is 7.89. The van der Waals surface area contributed by atoms with E-state index in [9.17, 15) is 18.0 Å². The van der Waals surface area contributed by atoms with Crippen LogP contribution in [0.25, 0.3) is 0 Å². The van der Waals surface area contributed by atoms with Crippen LogP contribution in [0.1, 0.15) is 48.3 Å². The van der Waals surface area contributed by atoms with Gasteiger partial charge in [-0.25, -0.2) is 13.4 Å². The summed E-state index contributed by atoms with van der Waals surface area (Å²) in [5.74, 6) is 0.185. The summed E-state index contributed by atoms with van der Waals surface area (Å²) in [6, 6.07) is 7.04. The summed E-state index contributed by atoms with van der Waals surface area (Å²) in [5.41, 5.74) is 1.16. The van der Waals surface area contributed by atoms with Crippen molar-refractivity contribution < 1.29 is 18.0 Å². The topological polar surface area (TPSA) is 105 Å². The maximum absolute atomic E-state index is 12.9. The minimum Gasteiger partial charge on any atom is -0.339 e.